The molecular formula is C11H17N5O2. The molecule has 1 saturated carbocycles. The molecule has 0 spiro atoms. The first-order valence-electron chi connectivity index (χ1n) is 5.92. The lowest BCUT2D eigenvalue weighted by Gasteiger charge is -2.08. The topological polar surface area (TPSA) is 116 Å². The quantitative estimate of drug-likeness (QED) is 0.664. The summed E-state index contributed by atoms with van der Waals surface area (Å²) in [6.45, 7) is 0.00414. The molecule has 2 unspecified atom stereocenters. The highest BCUT2D eigenvalue weighted by molar-refractivity contribution is 5.92. The van der Waals surface area contributed by atoms with Gasteiger partial charge in [-0.2, -0.15) is 5.10 Å². The number of amides is 2. The molecule has 2 rings (SSSR count). The van der Waals surface area contributed by atoms with Crippen LogP contribution in [0.15, 0.2) is 12.4 Å². The molecule has 98 valence electrons. The van der Waals surface area contributed by atoms with Crippen LogP contribution in [-0.2, 0) is 16.1 Å². The Morgan fingerprint density at radius 3 is 2.89 bits per heavy atom. The molecule has 0 aromatic carbocycles. The Kier molecular flexibility index (Phi) is 3.61. The number of hydrogen-bond acceptors (Lipinski definition) is 4. The van der Waals surface area contributed by atoms with E-state index in [0.29, 0.717) is 5.69 Å². The van der Waals surface area contributed by atoms with Gasteiger partial charge in [-0.15, -0.1) is 0 Å². The maximum absolute atomic E-state index is 11.9. The normalized spacial score (nSPS) is 22.9. The van der Waals surface area contributed by atoms with Crippen molar-refractivity contribution in [2.45, 2.75) is 31.8 Å². The largest absolute Gasteiger partial charge is 0.368 e. The molecule has 7 heteroatoms. The van der Waals surface area contributed by atoms with E-state index in [9.17, 15) is 9.59 Å². The van der Waals surface area contributed by atoms with Gasteiger partial charge in [0.1, 0.15) is 6.54 Å². The van der Waals surface area contributed by atoms with E-state index >= 15 is 0 Å². The fourth-order valence-electron chi connectivity index (χ4n) is 2.17. The Morgan fingerprint density at radius 1 is 1.50 bits per heavy atom. The van der Waals surface area contributed by atoms with Crippen LogP contribution in [0.25, 0.3) is 0 Å². The maximum Gasteiger partial charge on any atom is 0.239 e. The number of aromatic nitrogens is 2. The molecular weight excluding hydrogens is 234 g/mol. The zero-order chi connectivity index (χ0) is 13.1. The third kappa shape index (κ3) is 3.07. The maximum atomic E-state index is 11.9. The van der Waals surface area contributed by atoms with Crippen molar-refractivity contribution in [2.24, 2.45) is 17.4 Å². The first-order chi connectivity index (χ1) is 8.54. The highest BCUT2D eigenvalue weighted by Crippen LogP contribution is 2.25. The van der Waals surface area contributed by atoms with Gasteiger partial charge in [0, 0.05) is 18.2 Å². The summed E-state index contributed by atoms with van der Waals surface area (Å²) < 4.78 is 1.39. The number of nitrogens with zero attached hydrogens (tertiary/aromatic N) is 2. The summed E-state index contributed by atoms with van der Waals surface area (Å²) in [6.07, 6.45) is 5.51. The van der Waals surface area contributed by atoms with E-state index in [1.807, 2.05) is 0 Å². The van der Waals surface area contributed by atoms with E-state index < -0.39 is 5.91 Å². The van der Waals surface area contributed by atoms with Crippen LogP contribution in [0, 0.1) is 5.92 Å². The zero-order valence-corrected chi connectivity index (χ0v) is 10.0. The standard InChI is InChI=1S/C11H17N5O2/c12-8-2-1-7(3-8)11(18)15-9-4-14-16(5-9)6-10(13)17/h4-5,7-8H,1-3,6,12H2,(H2,13,17)(H,15,18). The minimum Gasteiger partial charge on any atom is -0.368 e. The van der Waals surface area contributed by atoms with Gasteiger partial charge in [0.15, 0.2) is 0 Å². The van der Waals surface area contributed by atoms with Gasteiger partial charge < -0.3 is 16.8 Å². The number of rotatable bonds is 4. The van der Waals surface area contributed by atoms with Crippen molar-refractivity contribution in [2.75, 3.05) is 5.32 Å². The van der Waals surface area contributed by atoms with Crippen molar-refractivity contribution in [3.8, 4) is 0 Å². The van der Waals surface area contributed by atoms with Crippen LogP contribution in [0.2, 0.25) is 0 Å². The van der Waals surface area contributed by atoms with Crippen LogP contribution < -0.4 is 16.8 Å². The lowest BCUT2D eigenvalue weighted by molar-refractivity contribution is -0.120. The molecule has 0 aliphatic heterocycles. The van der Waals surface area contributed by atoms with Crippen LogP contribution in [0.4, 0.5) is 5.69 Å². The van der Waals surface area contributed by atoms with Crippen LogP contribution in [0.5, 0.6) is 0 Å². The Balaban J connectivity index is 1.91. The number of primary amides is 1. The van der Waals surface area contributed by atoms with Gasteiger partial charge in [0.2, 0.25) is 11.8 Å². The Labute approximate surface area is 105 Å². The molecule has 1 aliphatic rings. The van der Waals surface area contributed by atoms with E-state index in [1.165, 1.54) is 10.9 Å². The van der Waals surface area contributed by atoms with E-state index in [2.05, 4.69) is 10.4 Å². The molecule has 0 radical (unpaired) electrons. The molecule has 5 N–H and O–H groups in total. The van der Waals surface area contributed by atoms with Gasteiger partial charge in [0.25, 0.3) is 0 Å². The Hall–Kier alpha value is -1.89. The highest BCUT2D eigenvalue weighted by atomic mass is 16.2. The number of anilines is 1. The van der Waals surface area contributed by atoms with Crippen molar-refractivity contribution in [3.05, 3.63) is 12.4 Å². The predicted molar refractivity (Wildman–Crippen MR) is 65.4 cm³/mol. The summed E-state index contributed by atoms with van der Waals surface area (Å²) in [7, 11) is 0. The summed E-state index contributed by atoms with van der Waals surface area (Å²) in [5, 5.41) is 6.70. The summed E-state index contributed by atoms with van der Waals surface area (Å²) in [5.74, 6) is -0.543. The van der Waals surface area contributed by atoms with E-state index in [4.69, 9.17) is 11.5 Å². The third-order valence-electron chi connectivity index (χ3n) is 3.06. The second-order valence-electron chi connectivity index (χ2n) is 4.65. The van der Waals surface area contributed by atoms with Crippen molar-refractivity contribution < 1.29 is 9.59 Å². The highest BCUT2D eigenvalue weighted by Gasteiger charge is 2.27. The number of carbonyl (C=O) groups is 2. The summed E-state index contributed by atoms with van der Waals surface area (Å²) >= 11 is 0. The molecule has 1 heterocycles. The van der Waals surface area contributed by atoms with Gasteiger partial charge >= 0.3 is 0 Å². The SMILES string of the molecule is NC(=O)Cn1cc(NC(=O)C2CCC(N)C2)cn1. The van der Waals surface area contributed by atoms with Crippen LogP contribution in [0.1, 0.15) is 19.3 Å². The summed E-state index contributed by atoms with van der Waals surface area (Å²) in [6, 6.07) is 0.123. The first-order valence-corrected chi connectivity index (χ1v) is 5.92. The first kappa shape index (κ1) is 12.6. The summed E-state index contributed by atoms with van der Waals surface area (Å²) in [5.41, 5.74) is 11.4. The van der Waals surface area contributed by atoms with Crippen LogP contribution >= 0.6 is 0 Å². The van der Waals surface area contributed by atoms with E-state index in [1.54, 1.807) is 6.20 Å². The number of nitrogens with one attached hydrogen (secondary N) is 1. The molecule has 0 saturated heterocycles. The van der Waals surface area contributed by atoms with Crippen LogP contribution in [-0.4, -0.2) is 27.6 Å². The fraction of sp³-hybridized carbons (Fsp3) is 0.545. The van der Waals surface area contributed by atoms with Crippen molar-refractivity contribution in [1.82, 2.24) is 9.78 Å². The second kappa shape index (κ2) is 5.18. The molecule has 1 fully saturated rings. The van der Waals surface area contributed by atoms with Gasteiger partial charge in [0.05, 0.1) is 11.9 Å². The van der Waals surface area contributed by atoms with E-state index in [-0.39, 0.29) is 24.4 Å². The second-order valence-corrected chi connectivity index (χ2v) is 4.65. The van der Waals surface area contributed by atoms with Gasteiger partial charge in [-0.1, -0.05) is 0 Å². The van der Waals surface area contributed by atoms with Crippen molar-refractivity contribution in [1.29, 1.82) is 0 Å². The van der Waals surface area contributed by atoms with Crippen molar-refractivity contribution >= 4 is 17.5 Å². The number of carbonyl (C=O) groups excluding carboxylic acids is 2. The smallest absolute Gasteiger partial charge is 0.239 e. The third-order valence-corrected chi connectivity index (χ3v) is 3.06. The zero-order valence-electron chi connectivity index (χ0n) is 10.0. The molecule has 2 atom stereocenters. The minimum atomic E-state index is -0.474. The molecule has 7 nitrogen and oxygen atoms in total. The number of hydrogen-bond donors (Lipinski definition) is 3. The molecule has 0 bridgehead atoms. The predicted octanol–water partition coefficient (Wildman–Crippen LogP) is -0.566. The lowest BCUT2D eigenvalue weighted by atomic mass is 10.1. The van der Waals surface area contributed by atoms with Gasteiger partial charge in [-0.25, -0.2) is 0 Å². The minimum absolute atomic E-state index is 0.00414. The average Bonchev–Trinajstić information content (AvgIpc) is 2.87. The van der Waals surface area contributed by atoms with Gasteiger partial charge in [-0.3, -0.25) is 14.3 Å². The molecule has 1 aliphatic carbocycles. The van der Waals surface area contributed by atoms with E-state index in [0.717, 1.165) is 19.3 Å². The monoisotopic (exact) mass is 251 g/mol. The Bertz CT molecular complexity index is 456. The average molecular weight is 251 g/mol. The molecule has 18 heavy (non-hydrogen) atoms. The van der Waals surface area contributed by atoms with Crippen LogP contribution in [0.3, 0.4) is 0 Å². The molecule has 1 aromatic rings. The summed E-state index contributed by atoms with van der Waals surface area (Å²) in [4.78, 5) is 22.6. The Morgan fingerprint density at radius 2 is 2.28 bits per heavy atom. The fourth-order valence-corrected chi connectivity index (χ4v) is 2.17. The van der Waals surface area contributed by atoms with Gasteiger partial charge in [-0.05, 0) is 19.3 Å². The lowest BCUT2D eigenvalue weighted by Crippen LogP contribution is -2.23. The van der Waals surface area contributed by atoms with Crippen molar-refractivity contribution in [3.63, 3.8) is 0 Å². The molecule has 2 amide bonds. The number of nitrogens with two attached hydrogens (primary N) is 2. The molecule has 1 aromatic heterocycles.